The number of pyridine rings is 1. The molecule has 0 radical (unpaired) electrons. The number of nitriles is 2. The van der Waals surface area contributed by atoms with Crippen molar-refractivity contribution >= 4 is 34.0 Å². The highest BCUT2D eigenvalue weighted by Gasteiger charge is 2.27. The van der Waals surface area contributed by atoms with E-state index < -0.39 is 5.25 Å². The first-order valence-corrected chi connectivity index (χ1v) is 14.3. The van der Waals surface area contributed by atoms with E-state index in [1.807, 2.05) is 19.1 Å². The molecule has 0 aliphatic heterocycles. The van der Waals surface area contributed by atoms with Crippen LogP contribution in [0.15, 0.2) is 41.4 Å². The maximum absolute atomic E-state index is 13.3. The minimum Gasteiger partial charge on any atom is -0.316 e. The van der Waals surface area contributed by atoms with Gasteiger partial charge in [0, 0.05) is 10.6 Å². The molecule has 0 bridgehead atoms. The standard InChI is InChI=1S/C29H28N4OS2/c1-2-25(27(34)33-29-23(17-31)22-10-6-7-11-26(22)36-29)35-28-21(16-30)15-20-14-19(12-13-24(20)32-28)18-8-4-3-5-9-18/h3-5,8-9,15,19,25H,2,6-7,10-14H2,1H3,(H,33,34). The number of rotatable bonds is 6. The van der Waals surface area contributed by atoms with Crippen molar-refractivity contribution in [1.82, 2.24) is 4.98 Å². The number of aromatic nitrogens is 1. The molecule has 5 nitrogen and oxygen atoms in total. The summed E-state index contributed by atoms with van der Waals surface area (Å²) in [5.41, 5.74) is 5.77. The van der Waals surface area contributed by atoms with Crippen LogP contribution in [0, 0.1) is 22.7 Å². The van der Waals surface area contributed by atoms with Crippen molar-refractivity contribution in [2.75, 3.05) is 5.32 Å². The van der Waals surface area contributed by atoms with Gasteiger partial charge in [0.15, 0.2) is 0 Å². The number of fused-ring (bicyclic) bond motifs is 2. The van der Waals surface area contributed by atoms with Gasteiger partial charge in [-0.15, -0.1) is 11.3 Å². The van der Waals surface area contributed by atoms with E-state index in [1.54, 1.807) is 11.3 Å². The van der Waals surface area contributed by atoms with Crippen LogP contribution in [0.5, 0.6) is 0 Å². The third-order valence-corrected chi connectivity index (χ3v) is 9.75. The van der Waals surface area contributed by atoms with E-state index in [0.29, 0.717) is 33.5 Å². The fourth-order valence-corrected chi connectivity index (χ4v) is 7.49. The zero-order chi connectivity index (χ0) is 25.1. The fourth-order valence-electron chi connectivity index (χ4n) is 5.25. The lowest BCUT2D eigenvalue weighted by atomic mass is 9.82. The molecule has 1 amide bonds. The number of nitrogens with zero attached hydrogens (tertiary/aromatic N) is 3. The van der Waals surface area contributed by atoms with Gasteiger partial charge in [-0.2, -0.15) is 10.5 Å². The Morgan fingerprint density at radius 1 is 1.19 bits per heavy atom. The summed E-state index contributed by atoms with van der Waals surface area (Å²) in [4.78, 5) is 19.4. The molecule has 0 spiro atoms. The Bertz CT molecular complexity index is 1370. The van der Waals surface area contributed by atoms with Gasteiger partial charge in [-0.25, -0.2) is 4.98 Å². The van der Waals surface area contributed by atoms with Crippen LogP contribution in [0.4, 0.5) is 5.00 Å². The Morgan fingerprint density at radius 2 is 2.00 bits per heavy atom. The van der Waals surface area contributed by atoms with Crippen molar-refractivity contribution in [3.63, 3.8) is 0 Å². The van der Waals surface area contributed by atoms with Crippen molar-refractivity contribution in [3.05, 3.63) is 74.8 Å². The number of aryl methyl sites for hydroxylation is 2. The van der Waals surface area contributed by atoms with Crippen molar-refractivity contribution in [3.8, 4) is 12.1 Å². The third-order valence-electron chi connectivity index (χ3n) is 7.18. The number of nitrogens with one attached hydrogen (secondary N) is 1. The van der Waals surface area contributed by atoms with Crippen LogP contribution in [0.25, 0.3) is 0 Å². The predicted octanol–water partition coefficient (Wildman–Crippen LogP) is 6.55. The summed E-state index contributed by atoms with van der Waals surface area (Å²) in [6, 6.07) is 17.1. The molecule has 0 fully saturated rings. The summed E-state index contributed by atoms with van der Waals surface area (Å²) in [7, 11) is 0. The molecular weight excluding hydrogens is 484 g/mol. The molecule has 3 aromatic rings. The maximum atomic E-state index is 13.3. The van der Waals surface area contributed by atoms with Gasteiger partial charge in [0.1, 0.15) is 22.2 Å². The van der Waals surface area contributed by atoms with Crippen LogP contribution in [0.2, 0.25) is 0 Å². The molecule has 2 unspecified atom stereocenters. The predicted molar refractivity (Wildman–Crippen MR) is 144 cm³/mol. The summed E-state index contributed by atoms with van der Waals surface area (Å²) >= 11 is 2.90. The topological polar surface area (TPSA) is 89.6 Å². The average molecular weight is 513 g/mol. The monoisotopic (exact) mass is 512 g/mol. The molecule has 0 saturated heterocycles. The summed E-state index contributed by atoms with van der Waals surface area (Å²) in [6.07, 6.45) is 7.48. The second-order valence-electron chi connectivity index (χ2n) is 9.44. The number of carbonyl (C=O) groups excluding carboxylic acids is 1. The van der Waals surface area contributed by atoms with Crippen LogP contribution >= 0.6 is 23.1 Å². The summed E-state index contributed by atoms with van der Waals surface area (Å²) in [5.74, 6) is 0.302. The van der Waals surface area contributed by atoms with Crippen molar-refractivity contribution in [2.24, 2.45) is 0 Å². The molecular formula is C29H28N4OS2. The van der Waals surface area contributed by atoms with E-state index in [-0.39, 0.29) is 5.91 Å². The smallest absolute Gasteiger partial charge is 0.238 e. The Balaban J connectivity index is 1.34. The Morgan fingerprint density at radius 3 is 2.75 bits per heavy atom. The number of anilines is 1. The van der Waals surface area contributed by atoms with Gasteiger partial charge >= 0.3 is 0 Å². The quantitative estimate of drug-likeness (QED) is 0.378. The SMILES string of the molecule is CCC(Sc1nc2c(cc1C#N)CC(c1ccccc1)CC2)C(=O)Nc1sc2c(c1C#N)CCCC2. The minimum atomic E-state index is -0.394. The Kier molecular flexibility index (Phi) is 7.41. The number of hydrogen-bond donors (Lipinski definition) is 1. The van der Waals surface area contributed by atoms with Crippen LogP contribution < -0.4 is 5.32 Å². The lowest BCUT2D eigenvalue weighted by Crippen LogP contribution is -2.25. The number of hydrogen-bond acceptors (Lipinski definition) is 6. The molecule has 2 aromatic heterocycles. The van der Waals surface area contributed by atoms with Crippen molar-refractivity contribution < 1.29 is 4.79 Å². The van der Waals surface area contributed by atoms with E-state index in [2.05, 4.69) is 41.7 Å². The number of carbonyl (C=O) groups is 1. The van der Waals surface area contributed by atoms with Crippen LogP contribution in [-0.2, 0) is 30.5 Å². The number of thioether (sulfide) groups is 1. The summed E-state index contributed by atoms with van der Waals surface area (Å²) in [5, 5.41) is 23.6. The van der Waals surface area contributed by atoms with Gasteiger partial charge in [-0.3, -0.25) is 4.79 Å². The second kappa shape index (κ2) is 10.9. The molecule has 2 aliphatic carbocycles. The van der Waals surface area contributed by atoms with Crippen LogP contribution in [0.1, 0.15) is 76.9 Å². The average Bonchev–Trinajstić information content (AvgIpc) is 3.28. The van der Waals surface area contributed by atoms with E-state index in [1.165, 1.54) is 22.2 Å². The molecule has 2 atom stereocenters. The largest absolute Gasteiger partial charge is 0.316 e. The molecule has 2 aliphatic rings. The van der Waals surface area contributed by atoms with Crippen LogP contribution in [-0.4, -0.2) is 16.1 Å². The van der Waals surface area contributed by atoms with Gasteiger partial charge < -0.3 is 5.32 Å². The molecule has 5 rings (SSSR count). The van der Waals surface area contributed by atoms with E-state index >= 15 is 0 Å². The number of thiophene rings is 1. The highest BCUT2D eigenvalue weighted by Crippen LogP contribution is 2.39. The molecule has 0 saturated carbocycles. The number of benzene rings is 1. The van der Waals surface area contributed by atoms with Gasteiger partial charge in [0.2, 0.25) is 5.91 Å². The third kappa shape index (κ3) is 4.91. The first kappa shape index (κ1) is 24.6. The minimum absolute atomic E-state index is 0.134. The molecule has 2 heterocycles. The zero-order valence-electron chi connectivity index (χ0n) is 20.3. The summed E-state index contributed by atoms with van der Waals surface area (Å²) < 4.78 is 0. The first-order valence-electron chi connectivity index (χ1n) is 12.6. The normalized spacial score (nSPS) is 17.2. The molecule has 1 aromatic carbocycles. The van der Waals surface area contributed by atoms with Crippen molar-refractivity contribution in [1.29, 1.82) is 10.5 Å². The Hall–Kier alpha value is -3.13. The molecule has 1 N–H and O–H groups in total. The van der Waals surface area contributed by atoms with Crippen molar-refractivity contribution in [2.45, 2.75) is 74.5 Å². The molecule has 7 heteroatoms. The molecule has 182 valence electrons. The highest BCUT2D eigenvalue weighted by atomic mass is 32.2. The number of amides is 1. The maximum Gasteiger partial charge on any atom is 0.238 e. The summed E-state index contributed by atoms with van der Waals surface area (Å²) in [6.45, 7) is 1.97. The van der Waals surface area contributed by atoms with Gasteiger partial charge in [0.05, 0.1) is 16.4 Å². The zero-order valence-corrected chi connectivity index (χ0v) is 22.0. The lowest BCUT2D eigenvalue weighted by molar-refractivity contribution is -0.115. The van der Waals surface area contributed by atoms with Crippen LogP contribution in [0.3, 0.4) is 0 Å². The van der Waals surface area contributed by atoms with E-state index in [9.17, 15) is 15.3 Å². The Labute approximate surface area is 220 Å². The van der Waals surface area contributed by atoms with Gasteiger partial charge in [-0.05, 0) is 80.0 Å². The lowest BCUT2D eigenvalue weighted by Gasteiger charge is -2.25. The van der Waals surface area contributed by atoms with Gasteiger partial charge in [0.25, 0.3) is 0 Å². The van der Waals surface area contributed by atoms with E-state index in [0.717, 1.165) is 61.8 Å². The van der Waals surface area contributed by atoms with Gasteiger partial charge in [-0.1, -0.05) is 49.0 Å². The highest BCUT2D eigenvalue weighted by molar-refractivity contribution is 8.00. The molecule has 36 heavy (non-hydrogen) atoms. The second-order valence-corrected chi connectivity index (χ2v) is 11.7. The first-order chi connectivity index (χ1) is 17.6. The van der Waals surface area contributed by atoms with E-state index in [4.69, 9.17) is 4.98 Å². The fraction of sp³-hybridized carbons (Fsp3) is 0.379.